The minimum atomic E-state index is -2.94. The van der Waals surface area contributed by atoms with Gasteiger partial charge in [0, 0.05) is 29.8 Å². The summed E-state index contributed by atoms with van der Waals surface area (Å²) in [7, 11) is -1.34. The van der Waals surface area contributed by atoms with Gasteiger partial charge in [0.05, 0.1) is 37.2 Å². The van der Waals surface area contributed by atoms with Gasteiger partial charge in [0.15, 0.2) is 21.3 Å². The van der Waals surface area contributed by atoms with Gasteiger partial charge in [-0.15, -0.1) is 0 Å². The molecule has 212 valence electrons. The van der Waals surface area contributed by atoms with Crippen LogP contribution in [0, 0.1) is 0 Å². The first kappa shape index (κ1) is 28.5. The molecule has 2 aliphatic rings. The number of benzene rings is 3. The molecule has 0 saturated carbocycles. The first-order chi connectivity index (χ1) is 19.1. The van der Waals surface area contributed by atoms with Crippen molar-refractivity contribution in [3.63, 3.8) is 0 Å². The number of anilines is 1. The van der Waals surface area contributed by atoms with Gasteiger partial charge in [-0.25, -0.2) is 8.42 Å². The van der Waals surface area contributed by atoms with Gasteiger partial charge in [-0.1, -0.05) is 35.9 Å². The topological polar surface area (TPSA) is 76.2 Å². The molecule has 40 heavy (non-hydrogen) atoms. The molecule has 0 N–H and O–H groups in total. The Morgan fingerprint density at radius 2 is 1.57 bits per heavy atom. The maximum atomic E-state index is 13.8. The summed E-state index contributed by atoms with van der Waals surface area (Å²) in [5.41, 5.74) is 4.68. The molecule has 2 atom stereocenters. The lowest BCUT2D eigenvalue weighted by Crippen LogP contribution is -2.42. The predicted molar refractivity (Wildman–Crippen MR) is 158 cm³/mol. The molecule has 9 heteroatoms. The van der Waals surface area contributed by atoms with Crippen molar-refractivity contribution in [1.29, 1.82) is 0 Å². The summed E-state index contributed by atoms with van der Waals surface area (Å²) >= 11 is 6.23. The SMILES string of the molecule is COc1cc2c(cc1OC(C)C)[C@H](c1ccc(Cl)cc1)N(c1ccc([C@H](C)N3CCS(=O)(=O)CC3)cc1)C(=O)C2. The lowest BCUT2D eigenvalue weighted by molar-refractivity contribution is -0.118. The Hall–Kier alpha value is -3.07. The standard InChI is InChI=1S/C31H35ClN2O5S/c1-20(2)39-29-19-27-24(17-28(29)38-4)18-30(35)34(31(27)23-5-9-25(32)10-6-23)26-11-7-22(8-12-26)21(3)33-13-15-40(36,37)16-14-33/h5-12,17,19-21,31H,13-16,18H2,1-4H3/t21-,31-/m0/s1. The smallest absolute Gasteiger partial charge is 0.232 e. The number of carbonyl (C=O) groups is 1. The van der Waals surface area contributed by atoms with Crippen LogP contribution in [0.15, 0.2) is 60.7 Å². The maximum Gasteiger partial charge on any atom is 0.232 e. The van der Waals surface area contributed by atoms with Crippen molar-refractivity contribution < 1.29 is 22.7 Å². The second-order valence-corrected chi connectivity index (χ2v) is 13.5. The molecule has 1 amide bonds. The van der Waals surface area contributed by atoms with Gasteiger partial charge in [-0.05, 0) is 79.4 Å². The highest BCUT2D eigenvalue weighted by atomic mass is 35.5. The third-order valence-electron chi connectivity index (χ3n) is 7.72. The lowest BCUT2D eigenvalue weighted by atomic mass is 9.86. The van der Waals surface area contributed by atoms with Crippen LogP contribution in [-0.2, 0) is 21.1 Å². The largest absolute Gasteiger partial charge is 0.493 e. The zero-order valence-corrected chi connectivity index (χ0v) is 24.8. The number of hydrogen-bond acceptors (Lipinski definition) is 6. The number of halogens is 1. The fourth-order valence-corrected chi connectivity index (χ4v) is 6.92. The fourth-order valence-electron chi connectivity index (χ4n) is 5.57. The average molecular weight is 583 g/mol. The van der Waals surface area contributed by atoms with Crippen LogP contribution in [-0.4, -0.2) is 57.0 Å². The van der Waals surface area contributed by atoms with E-state index < -0.39 is 9.84 Å². The molecule has 3 aromatic rings. The van der Waals surface area contributed by atoms with Crippen molar-refractivity contribution in [2.45, 2.75) is 45.4 Å². The highest BCUT2D eigenvalue weighted by Gasteiger charge is 2.36. The average Bonchev–Trinajstić information content (AvgIpc) is 2.92. The molecular formula is C31H35ClN2O5S. The van der Waals surface area contributed by atoms with E-state index in [1.54, 1.807) is 7.11 Å². The van der Waals surface area contributed by atoms with Crippen LogP contribution in [0.5, 0.6) is 11.5 Å². The number of ether oxygens (including phenoxy) is 2. The van der Waals surface area contributed by atoms with Crippen molar-refractivity contribution in [1.82, 2.24) is 4.90 Å². The summed E-state index contributed by atoms with van der Waals surface area (Å²) in [4.78, 5) is 17.8. The molecule has 5 rings (SSSR count). The van der Waals surface area contributed by atoms with Crippen LogP contribution in [0.1, 0.15) is 55.1 Å². The normalized spacial score (nSPS) is 19.8. The van der Waals surface area contributed by atoms with E-state index in [-0.39, 0.29) is 42.0 Å². The second-order valence-electron chi connectivity index (χ2n) is 10.7. The summed E-state index contributed by atoms with van der Waals surface area (Å²) in [5.74, 6) is 1.60. The van der Waals surface area contributed by atoms with Crippen LogP contribution in [0.2, 0.25) is 5.02 Å². The van der Waals surface area contributed by atoms with Crippen LogP contribution in [0.3, 0.4) is 0 Å². The molecule has 7 nitrogen and oxygen atoms in total. The molecule has 0 radical (unpaired) electrons. The highest BCUT2D eigenvalue weighted by Crippen LogP contribution is 2.44. The first-order valence-electron chi connectivity index (χ1n) is 13.6. The first-order valence-corrected chi connectivity index (χ1v) is 15.8. The van der Waals surface area contributed by atoms with Crippen molar-refractivity contribution in [2.75, 3.05) is 36.6 Å². The van der Waals surface area contributed by atoms with Gasteiger partial charge in [0.25, 0.3) is 0 Å². The Morgan fingerprint density at radius 3 is 2.17 bits per heavy atom. The van der Waals surface area contributed by atoms with Gasteiger partial charge < -0.3 is 14.4 Å². The summed E-state index contributed by atoms with van der Waals surface area (Å²) < 4.78 is 35.5. The van der Waals surface area contributed by atoms with E-state index in [9.17, 15) is 13.2 Å². The summed E-state index contributed by atoms with van der Waals surface area (Å²) in [6.45, 7) is 7.08. The zero-order chi connectivity index (χ0) is 28.6. The van der Waals surface area contributed by atoms with Crippen LogP contribution in [0.4, 0.5) is 5.69 Å². The summed E-state index contributed by atoms with van der Waals surface area (Å²) in [6, 6.07) is 19.2. The van der Waals surface area contributed by atoms with Crippen LogP contribution >= 0.6 is 11.6 Å². The molecule has 2 aliphatic heterocycles. The number of fused-ring (bicyclic) bond motifs is 1. The molecule has 2 heterocycles. The van der Waals surface area contributed by atoms with Crippen LogP contribution in [0.25, 0.3) is 0 Å². The lowest BCUT2D eigenvalue weighted by Gasteiger charge is -2.38. The molecule has 1 saturated heterocycles. The Balaban J connectivity index is 1.53. The Labute approximate surface area is 241 Å². The molecule has 1 fully saturated rings. The number of sulfone groups is 1. The second kappa shape index (κ2) is 11.4. The van der Waals surface area contributed by atoms with Crippen molar-refractivity contribution in [2.24, 2.45) is 0 Å². The van der Waals surface area contributed by atoms with Gasteiger partial charge in [-0.2, -0.15) is 0 Å². The fraction of sp³-hybridized carbons (Fsp3) is 0.387. The number of methoxy groups -OCH3 is 1. The molecule has 3 aromatic carbocycles. The number of nitrogens with zero attached hydrogens (tertiary/aromatic N) is 2. The number of carbonyl (C=O) groups excluding carboxylic acids is 1. The van der Waals surface area contributed by atoms with Gasteiger partial charge in [-0.3, -0.25) is 9.69 Å². The highest BCUT2D eigenvalue weighted by molar-refractivity contribution is 7.91. The zero-order valence-electron chi connectivity index (χ0n) is 23.3. The molecular weight excluding hydrogens is 548 g/mol. The molecule has 0 bridgehead atoms. The summed E-state index contributed by atoms with van der Waals surface area (Å²) in [6.07, 6.45) is 0.190. The Bertz CT molecular complexity index is 1480. The van der Waals surface area contributed by atoms with Crippen molar-refractivity contribution in [3.05, 3.63) is 87.9 Å². The number of amides is 1. The van der Waals surface area contributed by atoms with E-state index in [4.69, 9.17) is 21.1 Å². The molecule has 0 spiro atoms. The quantitative estimate of drug-likeness (QED) is 0.361. The predicted octanol–water partition coefficient (Wildman–Crippen LogP) is 5.61. The van der Waals surface area contributed by atoms with E-state index in [1.807, 2.05) is 79.4 Å². The molecule has 0 aliphatic carbocycles. The maximum absolute atomic E-state index is 13.8. The minimum Gasteiger partial charge on any atom is -0.493 e. The van der Waals surface area contributed by atoms with Crippen molar-refractivity contribution in [3.8, 4) is 11.5 Å². The van der Waals surface area contributed by atoms with E-state index in [1.165, 1.54) is 0 Å². The minimum absolute atomic E-state index is 0.0194. The molecule has 0 unspecified atom stereocenters. The number of hydrogen-bond donors (Lipinski definition) is 0. The third-order valence-corrected chi connectivity index (χ3v) is 9.58. The monoisotopic (exact) mass is 582 g/mol. The van der Waals surface area contributed by atoms with Gasteiger partial charge in [0.1, 0.15) is 0 Å². The Morgan fingerprint density at radius 1 is 0.925 bits per heavy atom. The summed E-state index contributed by atoms with van der Waals surface area (Å²) in [5, 5.41) is 0.625. The van der Waals surface area contributed by atoms with Crippen molar-refractivity contribution >= 4 is 33.0 Å². The third kappa shape index (κ3) is 5.85. The van der Waals surface area contributed by atoms with Gasteiger partial charge in [0.2, 0.25) is 5.91 Å². The van der Waals surface area contributed by atoms with E-state index in [0.717, 1.165) is 27.9 Å². The van der Waals surface area contributed by atoms with E-state index in [2.05, 4.69) is 11.8 Å². The van der Waals surface area contributed by atoms with E-state index in [0.29, 0.717) is 29.6 Å². The van der Waals surface area contributed by atoms with E-state index >= 15 is 0 Å². The number of rotatable bonds is 7. The Kier molecular flexibility index (Phi) is 8.13. The molecule has 0 aromatic heterocycles. The van der Waals surface area contributed by atoms with Gasteiger partial charge >= 0.3 is 0 Å². The van der Waals surface area contributed by atoms with Crippen LogP contribution < -0.4 is 14.4 Å².